The van der Waals surface area contributed by atoms with Crippen molar-refractivity contribution in [3.05, 3.63) is 54.1 Å². The maximum Gasteiger partial charge on any atom is 0.325 e. The Kier molecular flexibility index (Phi) is 4.30. The maximum atomic E-state index is 12.5. The van der Waals surface area contributed by atoms with E-state index in [1.165, 1.54) is 11.3 Å². The number of amides is 3. The molecule has 0 spiro atoms. The van der Waals surface area contributed by atoms with Gasteiger partial charge < -0.3 is 10.2 Å². The van der Waals surface area contributed by atoms with E-state index in [2.05, 4.69) is 10.3 Å². The smallest absolute Gasteiger partial charge is 0.313 e. The number of hydrogen-bond acceptors (Lipinski definition) is 4. The molecule has 3 amide bonds. The van der Waals surface area contributed by atoms with E-state index in [4.69, 9.17) is 0 Å². The number of fused-ring (bicyclic) bond motifs is 1. The number of aromatic nitrogens is 1. The number of hydrogen-bond donors (Lipinski definition) is 1. The van der Waals surface area contributed by atoms with Crippen molar-refractivity contribution < 1.29 is 9.59 Å². The number of anilines is 2. The van der Waals surface area contributed by atoms with Crippen molar-refractivity contribution in [1.82, 2.24) is 9.88 Å². The van der Waals surface area contributed by atoms with Crippen molar-refractivity contribution in [2.75, 3.05) is 29.9 Å². The fourth-order valence-corrected chi connectivity index (χ4v) is 4.01. The highest BCUT2D eigenvalue weighted by Crippen LogP contribution is 2.28. The first kappa shape index (κ1) is 16.5. The first-order chi connectivity index (χ1) is 12.6. The minimum atomic E-state index is -0.232. The molecule has 7 heteroatoms. The minimum Gasteiger partial charge on any atom is -0.313 e. The molecule has 1 aliphatic heterocycles. The van der Waals surface area contributed by atoms with Gasteiger partial charge in [0.1, 0.15) is 6.54 Å². The molecule has 2 aromatic carbocycles. The highest BCUT2D eigenvalue weighted by molar-refractivity contribution is 7.22. The van der Waals surface area contributed by atoms with Crippen LogP contribution in [0.25, 0.3) is 10.2 Å². The Morgan fingerprint density at radius 1 is 1.15 bits per heavy atom. The van der Waals surface area contributed by atoms with Crippen LogP contribution in [0.2, 0.25) is 0 Å². The maximum absolute atomic E-state index is 12.5. The summed E-state index contributed by atoms with van der Waals surface area (Å²) in [7, 11) is 0. The third kappa shape index (κ3) is 3.13. The van der Waals surface area contributed by atoms with Gasteiger partial charge in [0, 0.05) is 18.8 Å². The van der Waals surface area contributed by atoms with Gasteiger partial charge in [0.05, 0.1) is 10.2 Å². The van der Waals surface area contributed by atoms with Crippen molar-refractivity contribution in [1.29, 1.82) is 0 Å². The van der Waals surface area contributed by atoms with Crippen LogP contribution in [0, 0.1) is 6.92 Å². The molecule has 6 nitrogen and oxygen atoms in total. The molecule has 0 saturated carbocycles. The summed E-state index contributed by atoms with van der Waals surface area (Å²) >= 11 is 1.44. The van der Waals surface area contributed by atoms with E-state index < -0.39 is 0 Å². The van der Waals surface area contributed by atoms with Gasteiger partial charge >= 0.3 is 6.03 Å². The van der Waals surface area contributed by atoms with Gasteiger partial charge in [0.2, 0.25) is 5.91 Å². The summed E-state index contributed by atoms with van der Waals surface area (Å²) in [6.45, 7) is 3.13. The second kappa shape index (κ2) is 6.76. The van der Waals surface area contributed by atoms with Crippen molar-refractivity contribution in [3.8, 4) is 0 Å². The van der Waals surface area contributed by atoms with Crippen LogP contribution in [-0.2, 0) is 4.79 Å². The van der Waals surface area contributed by atoms with Gasteiger partial charge in [-0.05, 0) is 30.7 Å². The fourth-order valence-electron chi connectivity index (χ4n) is 3.05. The zero-order chi connectivity index (χ0) is 18.1. The number of nitrogens with one attached hydrogen (secondary N) is 1. The zero-order valence-electron chi connectivity index (χ0n) is 14.3. The average molecular weight is 366 g/mol. The molecule has 1 N–H and O–H groups in total. The average Bonchev–Trinajstić information content (AvgIpc) is 3.20. The summed E-state index contributed by atoms with van der Waals surface area (Å²) in [6.07, 6.45) is 0. The second-order valence-electron chi connectivity index (χ2n) is 6.18. The van der Waals surface area contributed by atoms with Crippen LogP contribution in [-0.4, -0.2) is 41.5 Å². The molecule has 132 valence electrons. The van der Waals surface area contributed by atoms with Crippen LogP contribution >= 0.6 is 11.3 Å². The molecular weight excluding hydrogens is 348 g/mol. The lowest BCUT2D eigenvalue weighted by Crippen LogP contribution is -2.37. The molecular formula is C19H18N4O2S. The largest absolute Gasteiger partial charge is 0.325 e. The number of carbonyl (C=O) groups excluding carboxylic acids is 2. The standard InChI is InChI=1S/C19H18N4O2S/c1-13-6-5-9-15-17(13)21-18(26-15)20-16(24)12-22-10-11-23(19(22)25)14-7-3-2-4-8-14/h2-9H,10-12H2,1H3,(H,20,21,24). The Morgan fingerprint density at radius 3 is 2.73 bits per heavy atom. The van der Waals surface area contributed by atoms with Gasteiger partial charge in [-0.15, -0.1) is 0 Å². The molecule has 0 unspecified atom stereocenters. The Labute approximate surface area is 155 Å². The van der Waals surface area contributed by atoms with E-state index in [0.29, 0.717) is 18.2 Å². The number of carbonyl (C=O) groups is 2. The van der Waals surface area contributed by atoms with Crippen molar-refractivity contribution in [3.63, 3.8) is 0 Å². The molecule has 0 atom stereocenters. The highest BCUT2D eigenvalue weighted by Gasteiger charge is 2.30. The molecule has 4 rings (SSSR count). The number of nitrogens with zero attached hydrogens (tertiary/aromatic N) is 3. The van der Waals surface area contributed by atoms with E-state index >= 15 is 0 Å². The van der Waals surface area contributed by atoms with E-state index in [0.717, 1.165) is 21.5 Å². The SMILES string of the molecule is Cc1cccc2sc(NC(=O)CN3CCN(c4ccccc4)C3=O)nc12. The molecule has 0 bridgehead atoms. The highest BCUT2D eigenvalue weighted by atomic mass is 32.1. The fraction of sp³-hybridized carbons (Fsp3) is 0.211. The van der Waals surface area contributed by atoms with Crippen molar-refractivity contribution in [2.24, 2.45) is 0 Å². The lowest BCUT2D eigenvalue weighted by atomic mass is 10.2. The lowest BCUT2D eigenvalue weighted by molar-refractivity contribution is -0.116. The predicted octanol–water partition coefficient (Wildman–Crippen LogP) is 3.49. The van der Waals surface area contributed by atoms with E-state index in [1.807, 2.05) is 55.5 Å². The summed E-state index contributed by atoms with van der Waals surface area (Å²) in [5.74, 6) is -0.232. The minimum absolute atomic E-state index is 0.0249. The molecule has 2 heterocycles. The van der Waals surface area contributed by atoms with Gasteiger partial charge in [-0.25, -0.2) is 9.78 Å². The van der Waals surface area contributed by atoms with E-state index in [-0.39, 0.29) is 18.5 Å². The van der Waals surface area contributed by atoms with Crippen LogP contribution in [0.15, 0.2) is 48.5 Å². The van der Waals surface area contributed by atoms with Crippen molar-refractivity contribution in [2.45, 2.75) is 6.92 Å². The monoisotopic (exact) mass is 366 g/mol. The number of benzene rings is 2. The summed E-state index contributed by atoms with van der Waals surface area (Å²) in [5.41, 5.74) is 2.83. The van der Waals surface area contributed by atoms with Gasteiger partial charge in [0.25, 0.3) is 0 Å². The topological polar surface area (TPSA) is 65.5 Å². The van der Waals surface area contributed by atoms with Crippen LogP contribution in [0.1, 0.15) is 5.56 Å². The number of aryl methyl sites for hydroxylation is 1. The first-order valence-corrected chi connectivity index (χ1v) is 9.21. The summed E-state index contributed by atoms with van der Waals surface area (Å²) in [6, 6.07) is 15.3. The number of urea groups is 1. The molecule has 0 radical (unpaired) electrons. The van der Waals surface area contributed by atoms with Gasteiger partial charge in [-0.2, -0.15) is 0 Å². The normalized spacial score (nSPS) is 14.3. The lowest BCUT2D eigenvalue weighted by Gasteiger charge is -2.18. The molecule has 0 aliphatic carbocycles. The first-order valence-electron chi connectivity index (χ1n) is 8.39. The van der Waals surface area contributed by atoms with Crippen LogP contribution in [0.3, 0.4) is 0 Å². The van der Waals surface area contributed by atoms with Crippen LogP contribution in [0.5, 0.6) is 0 Å². The molecule has 1 aliphatic rings. The van der Waals surface area contributed by atoms with E-state index in [1.54, 1.807) is 9.80 Å². The van der Waals surface area contributed by atoms with Gasteiger partial charge in [0.15, 0.2) is 5.13 Å². The second-order valence-corrected chi connectivity index (χ2v) is 7.21. The van der Waals surface area contributed by atoms with Gasteiger partial charge in [-0.1, -0.05) is 41.7 Å². The van der Waals surface area contributed by atoms with Gasteiger partial charge in [-0.3, -0.25) is 9.69 Å². The number of para-hydroxylation sites is 2. The Hall–Kier alpha value is -2.93. The molecule has 3 aromatic rings. The molecule has 1 aromatic heterocycles. The van der Waals surface area contributed by atoms with Crippen LogP contribution < -0.4 is 10.2 Å². The summed E-state index contributed by atoms with van der Waals surface area (Å²) in [5, 5.41) is 3.38. The Bertz CT molecular complexity index is 970. The zero-order valence-corrected chi connectivity index (χ0v) is 15.1. The Balaban J connectivity index is 1.42. The quantitative estimate of drug-likeness (QED) is 0.769. The number of rotatable bonds is 4. The third-order valence-corrected chi connectivity index (χ3v) is 5.30. The predicted molar refractivity (Wildman–Crippen MR) is 104 cm³/mol. The number of thiazole rings is 1. The molecule has 1 saturated heterocycles. The Morgan fingerprint density at radius 2 is 1.96 bits per heavy atom. The third-order valence-electron chi connectivity index (χ3n) is 4.36. The van der Waals surface area contributed by atoms with Crippen LogP contribution in [0.4, 0.5) is 15.6 Å². The summed E-state index contributed by atoms with van der Waals surface area (Å²) < 4.78 is 1.04. The van der Waals surface area contributed by atoms with Crippen molar-refractivity contribution >= 4 is 44.3 Å². The molecule has 1 fully saturated rings. The summed E-state index contributed by atoms with van der Waals surface area (Å²) in [4.78, 5) is 32.6. The van der Waals surface area contributed by atoms with E-state index in [9.17, 15) is 9.59 Å². The molecule has 26 heavy (non-hydrogen) atoms.